The van der Waals surface area contributed by atoms with Crippen molar-refractivity contribution in [2.45, 2.75) is 32.2 Å². The van der Waals surface area contributed by atoms with Crippen molar-refractivity contribution in [3.8, 4) is 5.75 Å². The molecule has 2 aromatic rings. The van der Waals surface area contributed by atoms with E-state index < -0.39 is 17.7 Å². The van der Waals surface area contributed by atoms with Crippen LogP contribution >= 0.6 is 0 Å². The molecule has 7 heteroatoms. The molecule has 1 aliphatic rings. The normalized spacial score (nSPS) is 17.9. The van der Waals surface area contributed by atoms with Crippen LogP contribution in [0.1, 0.15) is 43.4 Å². The van der Waals surface area contributed by atoms with Gasteiger partial charge in [-0.15, -0.1) is 0 Å². The van der Waals surface area contributed by atoms with E-state index in [0.29, 0.717) is 30.9 Å². The van der Waals surface area contributed by atoms with Gasteiger partial charge in [0.25, 0.3) is 11.7 Å². The zero-order valence-corrected chi connectivity index (χ0v) is 19.0. The summed E-state index contributed by atoms with van der Waals surface area (Å²) in [4.78, 5) is 33.6. The summed E-state index contributed by atoms with van der Waals surface area (Å²) in [6, 6.07) is 9.99. The number of likely N-dealkylation sites (tertiary alicyclic amines) is 1. The number of unbranched alkanes of at least 4 members (excludes halogenated alkanes) is 1. The fourth-order valence-electron chi connectivity index (χ4n) is 3.79. The minimum atomic E-state index is -0.681. The zero-order chi connectivity index (χ0) is 23.1. The SMILES string of the molecule is CCCCOc1cccc(C2C(=C(O)c3ccncc3)C(=O)C(=O)N2CCCN(C)C)c1. The Morgan fingerprint density at radius 3 is 2.59 bits per heavy atom. The highest BCUT2D eigenvalue weighted by Crippen LogP contribution is 2.40. The molecule has 0 saturated carbocycles. The molecule has 32 heavy (non-hydrogen) atoms. The second-order valence-corrected chi connectivity index (χ2v) is 8.16. The fraction of sp³-hybridized carbons (Fsp3) is 0.400. The Labute approximate surface area is 189 Å². The van der Waals surface area contributed by atoms with Gasteiger partial charge >= 0.3 is 0 Å². The average molecular weight is 438 g/mol. The number of hydrogen-bond acceptors (Lipinski definition) is 6. The summed E-state index contributed by atoms with van der Waals surface area (Å²) in [6.45, 7) is 3.88. The summed E-state index contributed by atoms with van der Waals surface area (Å²) in [5.74, 6) is -0.782. The summed E-state index contributed by atoms with van der Waals surface area (Å²) in [5.41, 5.74) is 1.28. The highest BCUT2D eigenvalue weighted by molar-refractivity contribution is 6.46. The maximum Gasteiger partial charge on any atom is 0.295 e. The molecule has 170 valence electrons. The maximum atomic E-state index is 13.0. The van der Waals surface area contributed by atoms with Gasteiger partial charge in [-0.3, -0.25) is 14.6 Å². The Balaban J connectivity index is 2.03. The summed E-state index contributed by atoms with van der Waals surface area (Å²) < 4.78 is 5.85. The van der Waals surface area contributed by atoms with Crippen molar-refractivity contribution in [3.63, 3.8) is 0 Å². The van der Waals surface area contributed by atoms with Crippen LogP contribution in [-0.2, 0) is 9.59 Å². The molecule has 3 rings (SSSR count). The number of Topliss-reactive ketones (excluding diaryl/α,β-unsaturated/α-hetero) is 1. The number of carbonyl (C=O) groups is 2. The molecule has 1 aromatic heterocycles. The van der Waals surface area contributed by atoms with Gasteiger partial charge in [-0.25, -0.2) is 0 Å². The molecule has 1 unspecified atom stereocenters. The first-order chi connectivity index (χ1) is 15.4. The quantitative estimate of drug-likeness (QED) is 0.265. The van der Waals surface area contributed by atoms with Crippen molar-refractivity contribution >= 4 is 17.4 Å². The van der Waals surface area contributed by atoms with Crippen LogP contribution in [0.3, 0.4) is 0 Å². The van der Waals surface area contributed by atoms with E-state index in [1.54, 1.807) is 29.4 Å². The molecule has 1 N–H and O–H groups in total. The third-order valence-corrected chi connectivity index (χ3v) is 5.44. The minimum absolute atomic E-state index is 0.0942. The van der Waals surface area contributed by atoms with Gasteiger partial charge in [0.1, 0.15) is 11.5 Å². The van der Waals surface area contributed by atoms with E-state index in [4.69, 9.17) is 4.74 Å². The molecule has 1 fully saturated rings. The van der Waals surface area contributed by atoms with Crippen LogP contribution in [0.25, 0.3) is 5.76 Å². The second-order valence-electron chi connectivity index (χ2n) is 8.16. The van der Waals surface area contributed by atoms with E-state index in [-0.39, 0.29) is 11.3 Å². The number of benzene rings is 1. The van der Waals surface area contributed by atoms with Crippen LogP contribution in [0.15, 0.2) is 54.4 Å². The number of ketones is 1. The van der Waals surface area contributed by atoms with Gasteiger partial charge in [0, 0.05) is 24.5 Å². The standard InChI is InChI=1S/C25H31N3O4/c1-4-5-16-32-20-9-6-8-19(17-20)22-21(23(29)18-10-12-26-13-11-18)24(30)25(31)28(22)15-7-14-27(2)3/h6,8-13,17,22,29H,4-5,7,14-16H2,1-3H3. The van der Waals surface area contributed by atoms with Crippen LogP contribution in [0.2, 0.25) is 0 Å². The monoisotopic (exact) mass is 437 g/mol. The minimum Gasteiger partial charge on any atom is -0.507 e. The number of aliphatic hydroxyl groups excluding tert-OH is 1. The Morgan fingerprint density at radius 2 is 1.91 bits per heavy atom. The van der Waals surface area contributed by atoms with Crippen molar-refractivity contribution in [3.05, 3.63) is 65.5 Å². The number of amides is 1. The summed E-state index contributed by atoms with van der Waals surface area (Å²) in [5, 5.41) is 11.0. The molecule has 0 radical (unpaired) electrons. The van der Waals surface area contributed by atoms with Crippen molar-refractivity contribution in [2.75, 3.05) is 33.8 Å². The van der Waals surface area contributed by atoms with Crippen molar-refractivity contribution in [1.29, 1.82) is 0 Å². The average Bonchev–Trinajstić information content (AvgIpc) is 3.04. The van der Waals surface area contributed by atoms with E-state index in [9.17, 15) is 14.7 Å². The van der Waals surface area contributed by atoms with Crippen LogP contribution in [0.5, 0.6) is 5.75 Å². The van der Waals surface area contributed by atoms with Gasteiger partial charge in [0.2, 0.25) is 0 Å². The molecular weight excluding hydrogens is 406 g/mol. The fourth-order valence-corrected chi connectivity index (χ4v) is 3.79. The molecule has 1 aromatic carbocycles. The Morgan fingerprint density at radius 1 is 1.16 bits per heavy atom. The van der Waals surface area contributed by atoms with Crippen LogP contribution in [-0.4, -0.2) is 65.4 Å². The molecule has 1 atom stereocenters. The number of carbonyl (C=O) groups excluding carboxylic acids is 2. The lowest BCUT2D eigenvalue weighted by Crippen LogP contribution is -2.32. The first-order valence-electron chi connectivity index (χ1n) is 11.0. The lowest BCUT2D eigenvalue weighted by molar-refractivity contribution is -0.139. The first-order valence-corrected chi connectivity index (χ1v) is 11.0. The highest BCUT2D eigenvalue weighted by atomic mass is 16.5. The third kappa shape index (κ3) is 5.34. The highest BCUT2D eigenvalue weighted by Gasteiger charge is 2.45. The largest absolute Gasteiger partial charge is 0.507 e. The number of hydrogen-bond donors (Lipinski definition) is 1. The molecule has 2 heterocycles. The van der Waals surface area contributed by atoms with E-state index in [1.807, 2.05) is 43.3 Å². The summed E-state index contributed by atoms with van der Waals surface area (Å²) in [7, 11) is 3.93. The van der Waals surface area contributed by atoms with Crippen LogP contribution in [0, 0.1) is 0 Å². The molecule has 0 spiro atoms. The van der Waals surface area contributed by atoms with Crippen molar-refractivity contribution < 1.29 is 19.4 Å². The molecule has 7 nitrogen and oxygen atoms in total. The van der Waals surface area contributed by atoms with Crippen LogP contribution in [0.4, 0.5) is 0 Å². The predicted octanol–water partition coefficient (Wildman–Crippen LogP) is 3.63. The molecule has 0 bridgehead atoms. The second kappa shape index (κ2) is 10.9. The van der Waals surface area contributed by atoms with E-state index in [2.05, 4.69) is 11.9 Å². The van der Waals surface area contributed by atoms with Gasteiger partial charge in [-0.2, -0.15) is 0 Å². The number of aromatic nitrogens is 1. The van der Waals surface area contributed by atoms with Gasteiger partial charge in [0.15, 0.2) is 0 Å². The van der Waals surface area contributed by atoms with Crippen molar-refractivity contribution in [1.82, 2.24) is 14.8 Å². The number of pyridine rings is 1. The summed E-state index contributed by atoms with van der Waals surface area (Å²) in [6.07, 6.45) is 5.75. The third-order valence-electron chi connectivity index (χ3n) is 5.44. The lowest BCUT2D eigenvalue weighted by Gasteiger charge is -2.26. The Bertz CT molecular complexity index is 972. The number of ether oxygens (including phenoxy) is 1. The smallest absolute Gasteiger partial charge is 0.295 e. The van der Waals surface area contributed by atoms with E-state index in [0.717, 1.165) is 24.9 Å². The summed E-state index contributed by atoms with van der Waals surface area (Å²) >= 11 is 0. The van der Waals surface area contributed by atoms with Gasteiger partial charge < -0.3 is 19.6 Å². The number of nitrogens with zero attached hydrogens (tertiary/aromatic N) is 3. The number of aliphatic hydroxyl groups is 1. The molecular formula is C25H31N3O4. The molecule has 1 aliphatic heterocycles. The van der Waals surface area contributed by atoms with E-state index in [1.165, 1.54) is 0 Å². The molecule has 0 aliphatic carbocycles. The van der Waals surface area contributed by atoms with Crippen molar-refractivity contribution in [2.24, 2.45) is 0 Å². The van der Waals surface area contributed by atoms with Crippen LogP contribution < -0.4 is 4.74 Å². The van der Waals surface area contributed by atoms with E-state index >= 15 is 0 Å². The zero-order valence-electron chi connectivity index (χ0n) is 19.0. The predicted molar refractivity (Wildman–Crippen MR) is 123 cm³/mol. The molecule has 1 saturated heterocycles. The first kappa shape index (κ1) is 23.5. The van der Waals surface area contributed by atoms with Gasteiger partial charge in [0.05, 0.1) is 18.2 Å². The van der Waals surface area contributed by atoms with Gasteiger partial charge in [-0.05, 0) is 63.3 Å². The van der Waals surface area contributed by atoms with Gasteiger partial charge in [-0.1, -0.05) is 25.5 Å². The number of rotatable bonds is 10. The Kier molecular flexibility index (Phi) is 8.00. The molecule has 1 amide bonds. The Hall–Kier alpha value is -3.19. The maximum absolute atomic E-state index is 13.0. The topological polar surface area (TPSA) is 83.0 Å². The lowest BCUT2D eigenvalue weighted by atomic mass is 9.95.